The van der Waals surface area contributed by atoms with E-state index in [1.54, 1.807) is 0 Å². The van der Waals surface area contributed by atoms with Crippen LogP contribution in [0.1, 0.15) is 75.8 Å². The number of aliphatic hydroxyl groups excluding tert-OH is 1. The number of alkyl carbamates (subject to hydrolysis) is 1. The molecule has 200 valence electrons. The first-order valence-corrected chi connectivity index (χ1v) is 13.4. The number of aliphatic carboxylic acids is 1. The lowest BCUT2D eigenvalue weighted by Crippen LogP contribution is -2.51. The highest BCUT2D eigenvalue weighted by Gasteiger charge is 2.35. The first kappa shape index (κ1) is 27.1. The molecule has 0 unspecified atom stereocenters. The maximum atomic E-state index is 13.0. The quantitative estimate of drug-likeness (QED) is 0.450. The van der Waals surface area contributed by atoms with E-state index in [0.717, 1.165) is 47.9 Å². The number of carboxylic acids is 1. The van der Waals surface area contributed by atoms with E-state index in [1.807, 2.05) is 36.4 Å². The van der Waals surface area contributed by atoms with Crippen molar-refractivity contribution in [3.05, 3.63) is 59.7 Å². The van der Waals surface area contributed by atoms with Gasteiger partial charge in [-0.3, -0.25) is 0 Å². The summed E-state index contributed by atoms with van der Waals surface area (Å²) < 4.78 is 5.69. The number of carbonyl (C=O) groups is 2. The molecule has 7 heteroatoms. The Labute approximate surface area is 218 Å². The molecule has 0 spiro atoms. The largest absolute Gasteiger partial charge is 0.550 e. The minimum atomic E-state index is -1.57. The molecule has 37 heavy (non-hydrogen) atoms. The van der Waals surface area contributed by atoms with Crippen LogP contribution in [0.15, 0.2) is 48.5 Å². The minimum Gasteiger partial charge on any atom is -0.550 e. The smallest absolute Gasteiger partial charge is 0.407 e. The van der Waals surface area contributed by atoms with Crippen molar-refractivity contribution in [2.24, 2.45) is 11.8 Å². The third kappa shape index (κ3) is 6.51. The average Bonchev–Trinajstić information content (AvgIpc) is 3.19. The lowest BCUT2D eigenvalue weighted by Gasteiger charge is -2.35. The van der Waals surface area contributed by atoms with Gasteiger partial charge in [0.2, 0.25) is 0 Å². The predicted molar refractivity (Wildman–Crippen MR) is 139 cm³/mol. The summed E-state index contributed by atoms with van der Waals surface area (Å²) in [6.07, 6.45) is 3.87. The highest BCUT2D eigenvalue weighted by Crippen LogP contribution is 2.44. The van der Waals surface area contributed by atoms with Crippen molar-refractivity contribution in [3.63, 3.8) is 0 Å². The molecule has 1 amide bonds. The van der Waals surface area contributed by atoms with Crippen LogP contribution in [0.2, 0.25) is 0 Å². The number of fused-ring (bicyclic) bond motifs is 3. The molecule has 0 saturated heterocycles. The van der Waals surface area contributed by atoms with Gasteiger partial charge in [0.25, 0.3) is 0 Å². The van der Waals surface area contributed by atoms with E-state index in [-0.39, 0.29) is 18.9 Å². The Morgan fingerprint density at radius 1 is 1.03 bits per heavy atom. The molecule has 7 nitrogen and oxygen atoms in total. The van der Waals surface area contributed by atoms with Crippen LogP contribution in [0, 0.1) is 11.8 Å². The van der Waals surface area contributed by atoms with Crippen molar-refractivity contribution in [2.75, 3.05) is 6.61 Å². The SMILES string of the molecule is CC(C)(O)[C@H](C[C@H](O)[C@H](CC1CCCCC1)NC(=O)OCC1c2ccccc2-c2ccccc21)C(=O)[O-]. The van der Waals surface area contributed by atoms with Gasteiger partial charge in [0.1, 0.15) is 6.61 Å². The zero-order chi connectivity index (χ0) is 26.6. The second-order valence-corrected chi connectivity index (χ2v) is 11.1. The summed E-state index contributed by atoms with van der Waals surface area (Å²) in [6.45, 7) is 2.92. The molecule has 1 saturated carbocycles. The zero-order valence-electron chi connectivity index (χ0n) is 21.7. The summed E-state index contributed by atoms with van der Waals surface area (Å²) in [5.41, 5.74) is 2.92. The van der Waals surface area contributed by atoms with Crippen LogP contribution in [0.4, 0.5) is 4.79 Å². The molecule has 3 atom stereocenters. The van der Waals surface area contributed by atoms with Gasteiger partial charge in [-0.1, -0.05) is 80.6 Å². The van der Waals surface area contributed by atoms with Crippen LogP contribution in [0.3, 0.4) is 0 Å². The van der Waals surface area contributed by atoms with Crippen LogP contribution >= 0.6 is 0 Å². The van der Waals surface area contributed by atoms with Gasteiger partial charge < -0.3 is 30.2 Å². The van der Waals surface area contributed by atoms with Gasteiger partial charge in [0, 0.05) is 17.8 Å². The first-order valence-electron chi connectivity index (χ1n) is 13.4. The number of aliphatic hydroxyl groups is 2. The van der Waals surface area contributed by atoms with E-state index >= 15 is 0 Å². The normalized spacial score (nSPS) is 18.4. The number of rotatable bonds is 10. The monoisotopic (exact) mass is 508 g/mol. The van der Waals surface area contributed by atoms with Crippen molar-refractivity contribution < 1.29 is 29.6 Å². The van der Waals surface area contributed by atoms with E-state index in [2.05, 4.69) is 17.4 Å². The van der Waals surface area contributed by atoms with E-state index < -0.39 is 35.7 Å². The standard InChI is InChI=1S/C30H39NO6/c1-30(2,36)25(28(33)34)17-27(32)26(16-19-10-4-3-5-11-19)31-29(35)37-18-24-22-14-8-6-12-20(22)21-13-7-9-15-23(21)24/h6-9,12-15,19,24-27,32,36H,3-5,10-11,16-18H2,1-2H3,(H,31,35)(H,33,34)/p-1/t25-,26+,27+/m1/s1. The number of hydrogen-bond acceptors (Lipinski definition) is 6. The number of ether oxygens (including phenoxy) is 1. The number of carbonyl (C=O) groups excluding carboxylic acids is 2. The van der Waals surface area contributed by atoms with Gasteiger partial charge in [0.05, 0.1) is 17.7 Å². The van der Waals surface area contributed by atoms with Gasteiger partial charge in [-0.2, -0.15) is 0 Å². The molecule has 0 aromatic heterocycles. The van der Waals surface area contributed by atoms with Crippen LogP contribution in [-0.2, 0) is 9.53 Å². The number of benzene rings is 2. The van der Waals surface area contributed by atoms with Crippen molar-refractivity contribution in [1.82, 2.24) is 5.32 Å². The second kappa shape index (κ2) is 11.7. The van der Waals surface area contributed by atoms with Gasteiger partial charge in [-0.15, -0.1) is 0 Å². The third-order valence-corrected chi connectivity index (χ3v) is 8.04. The number of nitrogens with one attached hydrogen (secondary N) is 1. The van der Waals surface area contributed by atoms with E-state index in [9.17, 15) is 24.9 Å². The Morgan fingerprint density at radius 2 is 1.59 bits per heavy atom. The van der Waals surface area contributed by atoms with Crippen molar-refractivity contribution in [2.45, 2.75) is 82.5 Å². The average molecular weight is 509 g/mol. The summed E-state index contributed by atoms with van der Waals surface area (Å²) in [5, 5.41) is 35.8. The Morgan fingerprint density at radius 3 is 2.14 bits per heavy atom. The van der Waals surface area contributed by atoms with E-state index in [1.165, 1.54) is 20.3 Å². The fourth-order valence-electron chi connectivity index (χ4n) is 5.96. The molecule has 2 aliphatic carbocycles. The summed E-state index contributed by atoms with van der Waals surface area (Å²) in [6, 6.07) is 15.5. The lowest BCUT2D eigenvalue weighted by atomic mass is 9.80. The number of carboxylic acid groups (broad SMARTS) is 1. The topological polar surface area (TPSA) is 119 Å². The molecule has 0 aliphatic heterocycles. The maximum Gasteiger partial charge on any atom is 0.407 e. The first-order chi connectivity index (χ1) is 17.6. The van der Waals surface area contributed by atoms with Crippen molar-refractivity contribution >= 4 is 12.1 Å². The Bertz CT molecular complexity index is 1040. The van der Waals surface area contributed by atoms with Crippen molar-refractivity contribution in [1.29, 1.82) is 0 Å². The predicted octanol–water partition coefficient (Wildman–Crippen LogP) is 3.75. The molecule has 2 aliphatic rings. The molecular formula is C30H38NO6-. The highest BCUT2D eigenvalue weighted by atomic mass is 16.5. The fraction of sp³-hybridized carbons (Fsp3) is 0.533. The van der Waals surface area contributed by atoms with E-state index in [4.69, 9.17) is 4.74 Å². The van der Waals surface area contributed by atoms with Gasteiger partial charge in [0.15, 0.2) is 0 Å². The zero-order valence-corrected chi connectivity index (χ0v) is 21.7. The van der Waals surface area contributed by atoms with Crippen LogP contribution in [0.25, 0.3) is 11.1 Å². The summed E-state index contributed by atoms with van der Waals surface area (Å²) >= 11 is 0. The second-order valence-electron chi connectivity index (χ2n) is 11.1. The van der Waals surface area contributed by atoms with Gasteiger partial charge >= 0.3 is 6.09 Å². The maximum absolute atomic E-state index is 13.0. The molecule has 4 rings (SSSR count). The molecule has 2 aromatic rings. The van der Waals surface area contributed by atoms with Crippen LogP contribution in [-0.4, -0.2) is 46.6 Å². The fourth-order valence-corrected chi connectivity index (χ4v) is 5.96. The lowest BCUT2D eigenvalue weighted by molar-refractivity contribution is -0.317. The highest BCUT2D eigenvalue weighted by molar-refractivity contribution is 5.79. The van der Waals surface area contributed by atoms with E-state index in [0.29, 0.717) is 12.3 Å². The number of amides is 1. The van der Waals surface area contributed by atoms with Gasteiger partial charge in [-0.25, -0.2) is 4.79 Å². The Kier molecular flexibility index (Phi) is 8.55. The van der Waals surface area contributed by atoms with Crippen molar-refractivity contribution in [3.8, 4) is 11.1 Å². The molecule has 0 heterocycles. The molecule has 1 fully saturated rings. The van der Waals surface area contributed by atoms with Gasteiger partial charge in [-0.05, 0) is 54.9 Å². The minimum absolute atomic E-state index is 0.0856. The molecule has 0 radical (unpaired) electrons. The number of hydrogen-bond donors (Lipinski definition) is 3. The summed E-state index contributed by atoms with van der Waals surface area (Å²) in [7, 11) is 0. The third-order valence-electron chi connectivity index (χ3n) is 8.04. The summed E-state index contributed by atoms with van der Waals surface area (Å²) in [5.74, 6) is -2.46. The molecule has 3 N–H and O–H groups in total. The summed E-state index contributed by atoms with van der Waals surface area (Å²) in [4.78, 5) is 24.6. The molecular weight excluding hydrogens is 470 g/mol. The van der Waals surface area contributed by atoms with Crippen LogP contribution in [0.5, 0.6) is 0 Å². The molecule has 2 aromatic carbocycles. The Balaban J connectivity index is 1.44. The van der Waals surface area contributed by atoms with Crippen LogP contribution < -0.4 is 10.4 Å². The molecule has 0 bridgehead atoms. The Hall–Kier alpha value is -2.90.